The molecule has 4 heteroatoms. The van der Waals surface area contributed by atoms with E-state index in [1.54, 1.807) is 6.92 Å². The van der Waals surface area contributed by atoms with Gasteiger partial charge in [0.05, 0.1) is 0 Å². The zero-order valence-electron chi connectivity index (χ0n) is 4.93. The van der Waals surface area contributed by atoms with Gasteiger partial charge in [0.15, 0.2) is 10.6 Å². The van der Waals surface area contributed by atoms with Crippen LogP contribution in [-0.2, 0) is 9.59 Å². The van der Waals surface area contributed by atoms with Gasteiger partial charge in [0, 0.05) is 6.42 Å². The van der Waals surface area contributed by atoms with E-state index >= 15 is 0 Å². The maximum Gasteiger partial charge on any atom is 0.324 e. The standard InChI is InChI=1S/C5H7BrO3/c1-2-3(7)4(6)5(8)9/h4H,2H2,1H3,(H,8,9). The van der Waals surface area contributed by atoms with E-state index in [4.69, 9.17) is 5.11 Å². The number of Topliss-reactive ketones (excluding diaryl/α,β-unsaturated/α-hetero) is 1. The molecule has 0 aliphatic heterocycles. The van der Waals surface area contributed by atoms with Crippen LogP contribution in [0, 0.1) is 0 Å². The number of rotatable bonds is 3. The Balaban J connectivity index is 3.88. The van der Waals surface area contributed by atoms with E-state index in [0.29, 0.717) is 0 Å². The van der Waals surface area contributed by atoms with Gasteiger partial charge in [-0.3, -0.25) is 9.59 Å². The van der Waals surface area contributed by atoms with Crippen LogP contribution < -0.4 is 0 Å². The molecule has 0 aliphatic carbocycles. The van der Waals surface area contributed by atoms with E-state index in [2.05, 4.69) is 15.9 Å². The molecule has 0 amide bonds. The molecule has 0 aromatic rings. The number of halogens is 1. The van der Waals surface area contributed by atoms with E-state index in [1.165, 1.54) is 0 Å². The molecule has 0 heterocycles. The van der Waals surface area contributed by atoms with Crippen LogP contribution in [0.3, 0.4) is 0 Å². The molecule has 0 radical (unpaired) electrons. The minimum absolute atomic E-state index is 0.252. The highest BCUT2D eigenvalue weighted by Gasteiger charge is 2.19. The SMILES string of the molecule is CCC(=O)C(Br)C(=O)O. The second-order valence-electron chi connectivity index (χ2n) is 1.52. The first-order valence-corrected chi connectivity index (χ1v) is 3.40. The third-order valence-corrected chi connectivity index (χ3v) is 1.75. The molecule has 0 rings (SSSR count). The predicted molar refractivity (Wildman–Crippen MR) is 35.6 cm³/mol. The summed E-state index contributed by atoms with van der Waals surface area (Å²) < 4.78 is 0. The molecular formula is C5H7BrO3. The lowest BCUT2D eigenvalue weighted by Crippen LogP contribution is -2.22. The number of carbonyl (C=O) groups is 2. The lowest BCUT2D eigenvalue weighted by atomic mass is 10.2. The molecule has 1 unspecified atom stereocenters. The van der Waals surface area contributed by atoms with E-state index in [-0.39, 0.29) is 12.2 Å². The molecule has 1 N–H and O–H groups in total. The molecule has 3 nitrogen and oxygen atoms in total. The first-order valence-electron chi connectivity index (χ1n) is 2.49. The average molecular weight is 195 g/mol. The Hall–Kier alpha value is -0.380. The number of aliphatic carboxylic acids is 1. The van der Waals surface area contributed by atoms with Gasteiger partial charge in [0.2, 0.25) is 0 Å². The predicted octanol–water partition coefficient (Wildman–Crippen LogP) is 0.814. The van der Waals surface area contributed by atoms with Crippen LogP contribution in [0.5, 0.6) is 0 Å². The van der Waals surface area contributed by atoms with Gasteiger partial charge in [-0.1, -0.05) is 22.9 Å². The zero-order chi connectivity index (χ0) is 7.44. The van der Waals surface area contributed by atoms with Crippen molar-refractivity contribution in [3.8, 4) is 0 Å². The molecule has 1 atom stereocenters. The quantitative estimate of drug-likeness (QED) is 0.535. The number of carbonyl (C=O) groups excluding carboxylic acids is 1. The summed E-state index contributed by atoms with van der Waals surface area (Å²) in [4.78, 5) is 19.5. The fourth-order valence-electron chi connectivity index (χ4n) is 0.317. The molecule has 0 aromatic carbocycles. The van der Waals surface area contributed by atoms with Gasteiger partial charge in [-0.15, -0.1) is 0 Å². The van der Waals surface area contributed by atoms with E-state index in [1.807, 2.05) is 0 Å². The topological polar surface area (TPSA) is 54.4 Å². The van der Waals surface area contributed by atoms with Crippen LogP contribution >= 0.6 is 15.9 Å². The summed E-state index contributed by atoms with van der Waals surface area (Å²) in [6, 6.07) is 0. The Morgan fingerprint density at radius 1 is 1.67 bits per heavy atom. The van der Waals surface area contributed by atoms with Gasteiger partial charge in [-0.2, -0.15) is 0 Å². The van der Waals surface area contributed by atoms with Crippen LogP contribution in [0.1, 0.15) is 13.3 Å². The van der Waals surface area contributed by atoms with Gasteiger partial charge >= 0.3 is 5.97 Å². The highest BCUT2D eigenvalue weighted by molar-refractivity contribution is 9.10. The highest BCUT2D eigenvalue weighted by atomic mass is 79.9. The second-order valence-corrected chi connectivity index (χ2v) is 2.44. The second kappa shape index (κ2) is 3.61. The Labute approximate surface area is 61.2 Å². The minimum atomic E-state index is -1.12. The molecule has 0 aliphatic rings. The first kappa shape index (κ1) is 8.62. The fourth-order valence-corrected chi connectivity index (χ4v) is 0.641. The van der Waals surface area contributed by atoms with Crippen LogP contribution in [0.25, 0.3) is 0 Å². The van der Waals surface area contributed by atoms with Gasteiger partial charge in [-0.25, -0.2) is 0 Å². The molecule has 0 saturated heterocycles. The molecule has 0 spiro atoms. The fraction of sp³-hybridized carbons (Fsp3) is 0.600. The monoisotopic (exact) mass is 194 g/mol. The van der Waals surface area contributed by atoms with Gasteiger partial charge in [-0.05, 0) is 0 Å². The van der Waals surface area contributed by atoms with Gasteiger partial charge in [0.25, 0.3) is 0 Å². The molecule has 0 aromatic heterocycles. The zero-order valence-corrected chi connectivity index (χ0v) is 6.51. The molecule has 0 bridgehead atoms. The first-order chi connectivity index (χ1) is 4.09. The number of carboxylic acid groups (broad SMARTS) is 1. The molecular weight excluding hydrogens is 188 g/mol. The van der Waals surface area contributed by atoms with E-state index in [0.717, 1.165) is 0 Å². The number of alkyl halides is 1. The molecule has 0 saturated carbocycles. The minimum Gasteiger partial charge on any atom is -0.480 e. The summed E-state index contributed by atoms with van der Waals surface area (Å²) in [6.45, 7) is 1.62. The van der Waals surface area contributed by atoms with Crippen molar-refractivity contribution in [1.82, 2.24) is 0 Å². The van der Waals surface area contributed by atoms with Gasteiger partial charge < -0.3 is 5.11 Å². The summed E-state index contributed by atoms with van der Waals surface area (Å²) in [7, 11) is 0. The number of hydrogen-bond donors (Lipinski definition) is 1. The van der Waals surface area contributed by atoms with Crippen molar-refractivity contribution < 1.29 is 14.7 Å². The van der Waals surface area contributed by atoms with Crippen molar-refractivity contribution in [2.45, 2.75) is 18.2 Å². The van der Waals surface area contributed by atoms with Crippen molar-refractivity contribution >= 4 is 27.7 Å². The van der Waals surface area contributed by atoms with Crippen LogP contribution in [0.4, 0.5) is 0 Å². The number of hydrogen-bond acceptors (Lipinski definition) is 2. The summed E-state index contributed by atoms with van der Waals surface area (Å²) in [5.74, 6) is -1.43. The average Bonchev–Trinajstić information content (AvgIpc) is 1.84. The molecule has 9 heavy (non-hydrogen) atoms. The summed E-state index contributed by atoms with van der Waals surface area (Å²) in [5.41, 5.74) is 0. The Bertz CT molecular complexity index is 132. The Morgan fingerprint density at radius 2 is 2.11 bits per heavy atom. The Kier molecular flexibility index (Phi) is 3.46. The largest absolute Gasteiger partial charge is 0.480 e. The van der Waals surface area contributed by atoms with Crippen LogP contribution in [0.2, 0.25) is 0 Å². The van der Waals surface area contributed by atoms with E-state index < -0.39 is 10.8 Å². The smallest absolute Gasteiger partial charge is 0.324 e. The summed E-state index contributed by atoms with van der Waals surface area (Å²) in [5, 5.41) is 8.22. The highest BCUT2D eigenvalue weighted by Crippen LogP contribution is 2.02. The normalized spacial score (nSPS) is 12.7. The third kappa shape index (κ3) is 2.60. The number of carboxylic acids is 1. The van der Waals surface area contributed by atoms with Gasteiger partial charge in [0.1, 0.15) is 0 Å². The third-order valence-electron chi connectivity index (χ3n) is 0.848. The van der Waals surface area contributed by atoms with Crippen molar-refractivity contribution in [3.05, 3.63) is 0 Å². The maximum atomic E-state index is 10.5. The van der Waals surface area contributed by atoms with Crippen molar-refractivity contribution in [1.29, 1.82) is 0 Å². The molecule has 0 fully saturated rings. The lowest BCUT2D eigenvalue weighted by molar-refractivity contribution is -0.139. The maximum absolute atomic E-state index is 10.5. The van der Waals surface area contributed by atoms with Crippen molar-refractivity contribution in [2.24, 2.45) is 0 Å². The van der Waals surface area contributed by atoms with Crippen molar-refractivity contribution in [3.63, 3.8) is 0 Å². The van der Waals surface area contributed by atoms with E-state index in [9.17, 15) is 9.59 Å². The summed E-state index contributed by atoms with van der Waals surface area (Å²) >= 11 is 2.72. The van der Waals surface area contributed by atoms with Crippen molar-refractivity contribution in [2.75, 3.05) is 0 Å². The number of ketones is 1. The molecule has 52 valence electrons. The van der Waals surface area contributed by atoms with Crippen LogP contribution in [-0.4, -0.2) is 21.7 Å². The lowest BCUT2D eigenvalue weighted by Gasteiger charge is -1.97. The Morgan fingerprint density at radius 3 is 2.22 bits per heavy atom. The summed E-state index contributed by atoms with van der Waals surface area (Å²) in [6.07, 6.45) is 0.252. The van der Waals surface area contributed by atoms with Crippen LogP contribution in [0.15, 0.2) is 0 Å².